The summed E-state index contributed by atoms with van der Waals surface area (Å²) in [6.07, 6.45) is 0.885. The minimum absolute atomic E-state index is 0.0735. The molecule has 0 aromatic heterocycles. The van der Waals surface area contributed by atoms with Crippen LogP contribution in [0, 0.1) is 6.92 Å². The van der Waals surface area contributed by atoms with Gasteiger partial charge in [0.2, 0.25) is 5.91 Å². The van der Waals surface area contributed by atoms with Gasteiger partial charge in [0, 0.05) is 37.7 Å². The van der Waals surface area contributed by atoms with Gasteiger partial charge in [0.15, 0.2) is 0 Å². The summed E-state index contributed by atoms with van der Waals surface area (Å²) in [6.45, 7) is 9.87. The first-order valence-electron chi connectivity index (χ1n) is 10.7. The lowest BCUT2D eigenvalue weighted by molar-refractivity contribution is -0.123. The molecule has 1 fully saturated rings. The quantitative estimate of drug-likeness (QED) is 0.656. The Morgan fingerprint density at radius 2 is 1.67 bits per heavy atom. The van der Waals surface area contributed by atoms with Gasteiger partial charge in [-0.2, -0.15) is 0 Å². The summed E-state index contributed by atoms with van der Waals surface area (Å²) in [5.74, 6) is 0.940. The van der Waals surface area contributed by atoms with E-state index in [2.05, 4.69) is 53.2 Å². The Hall–Kier alpha value is -2.08. The number of nitrogens with one attached hydrogen (secondary N) is 1. The molecule has 1 saturated heterocycles. The molecule has 1 aliphatic heterocycles. The van der Waals surface area contributed by atoms with Gasteiger partial charge in [-0.15, -0.1) is 0 Å². The largest absolute Gasteiger partial charge is 0.492 e. The molecule has 2 aromatic rings. The van der Waals surface area contributed by atoms with Crippen LogP contribution >= 0.6 is 11.6 Å². The number of benzene rings is 2. The first-order valence-corrected chi connectivity index (χ1v) is 11.1. The minimum atomic E-state index is 0.0735. The van der Waals surface area contributed by atoms with Gasteiger partial charge < -0.3 is 10.1 Å². The fourth-order valence-corrected chi connectivity index (χ4v) is 3.78. The van der Waals surface area contributed by atoms with Crippen molar-refractivity contribution in [2.75, 3.05) is 45.9 Å². The highest BCUT2D eigenvalue weighted by Crippen LogP contribution is 2.17. The lowest BCUT2D eigenvalue weighted by atomic mass is 10.0. The van der Waals surface area contributed by atoms with Crippen molar-refractivity contribution < 1.29 is 9.53 Å². The summed E-state index contributed by atoms with van der Waals surface area (Å²) in [5.41, 5.74) is 2.40. The van der Waals surface area contributed by atoms with Gasteiger partial charge in [-0.1, -0.05) is 48.4 Å². The number of carbonyl (C=O) groups is 1. The first-order chi connectivity index (χ1) is 14.5. The summed E-state index contributed by atoms with van der Waals surface area (Å²) >= 11 is 5.89. The highest BCUT2D eigenvalue weighted by molar-refractivity contribution is 6.30. The summed E-state index contributed by atoms with van der Waals surface area (Å²) in [6, 6.07) is 15.9. The third kappa shape index (κ3) is 7.01. The fourth-order valence-electron chi connectivity index (χ4n) is 3.66. The van der Waals surface area contributed by atoms with Gasteiger partial charge in [0.1, 0.15) is 12.4 Å². The van der Waals surface area contributed by atoms with Crippen LogP contribution in [0.1, 0.15) is 30.5 Å². The van der Waals surface area contributed by atoms with E-state index in [9.17, 15) is 4.79 Å². The van der Waals surface area contributed by atoms with Crippen molar-refractivity contribution in [1.29, 1.82) is 0 Å². The van der Waals surface area contributed by atoms with Gasteiger partial charge >= 0.3 is 0 Å². The van der Waals surface area contributed by atoms with Crippen molar-refractivity contribution in [3.05, 3.63) is 64.7 Å². The number of aryl methyl sites for hydroxylation is 1. The molecule has 1 atom stereocenters. The summed E-state index contributed by atoms with van der Waals surface area (Å²) in [7, 11) is 0. The van der Waals surface area contributed by atoms with Crippen LogP contribution in [0.2, 0.25) is 5.02 Å². The van der Waals surface area contributed by atoms with Crippen LogP contribution in [0.25, 0.3) is 0 Å². The first kappa shape index (κ1) is 22.6. The molecule has 0 spiro atoms. The number of halogens is 1. The molecular formula is C24H32ClN3O2. The van der Waals surface area contributed by atoms with Crippen LogP contribution in [0.15, 0.2) is 48.5 Å². The maximum atomic E-state index is 12.6. The maximum absolute atomic E-state index is 12.6. The Bertz CT molecular complexity index is 787. The average molecular weight is 430 g/mol. The summed E-state index contributed by atoms with van der Waals surface area (Å²) in [4.78, 5) is 17.2. The maximum Gasteiger partial charge on any atom is 0.234 e. The van der Waals surface area contributed by atoms with E-state index in [1.165, 1.54) is 11.1 Å². The highest BCUT2D eigenvalue weighted by atomic mass is 35.5. The molecule has 6 heteroatoms. The van der Waals surface area contributed by atoms with Crippen LogP contribution in [-0.2, 0) is 4.79 Å². The second kappa shape index (κ2) is 11.3. The van der Waals surface area contributed by atoms with Crippen LogP contribution in [0.4, 0.5) is 0 Å². The number of piperazine rings is 1. The van der Waals surface area contributed by atoms with Crippen molar-refractivity contribution in [3.63, 3.8) is 0 Å². The average Bonchev–Trinajstić information content (AvgIpc) is 2.75. The lowest BCUT2D eigenvalue weighted by Gasteiger charge is -2.34. The van der Waals surface area contributed by atoms with Crippen LogP contribution in [-0.4, -0.2) is 61.6 Å². The molecule has 3 rings (SSSR count). The SMILES string of the molecule is CCC(NC(=O)CN1CCN(CCOc2ccc(Cl)cc2)CC1)c1ccc(C)cc1. The van der Waals surface area contributed by atoms with Gasteiger partial charge in [0.05, 0.1) is 12.6 Å². The Morgan fingerprint density at radius 1 is 1.03 bits per heavy atom. The van der Waals surface area contributed by atoms with E-state index < -0.39 is 0 Å². The predicted octanol–water partition coefficient (Wildman–Crippen LogP) is 3.91. The zero-order valence-corrected chi connectivity index (χ0v) is 18.7. The van der Waals surface area contributed by atoms with E-state index in [0.29, 0.717) is 18.2 Å². The fraction of sp³-hybridized carbons (Fsp3) is 0.458. The predicted molar refractivity (Wildman–Crippen MR) is 122 cm³/mol. The van der Waals surface area contributed by atoms with Gasteiger partial charge in [-0.25, -0.2) is 0 Å². The zero-order valence-electron chi connectivity index (χ0n) is 17.9. The highest BCUT2D eigenvalue weighted by Gasteiger charge is 2.20. The molecule has 1 heterocycles. The zero-order chi connectivity index (χ0) is 21.3. The molecule has 1 N–H and O–H groups in total. The second-order valence-corrected chi connectivity index (χ2v) is 8.30. The Balaban J connectivity index is 1.35. The normalized spacial score (nSPS) is 16.2. The standard InChI is InChI=1S/C24H32ClN3O2/c1-3-23(20-6-4-19(2)5-7-20)26-24(29)18-28-14-12-27(13-15-28)16-17-30-22-10-8-21(25)9-11-22/h4-11,23H,3,12-18H2,1-2H3,(H,26,29). The summed E-state index contributed by atoms with van der Waals surface area (Å²) in [5, 5.41) is 3.91. The van der Waals surface area contributed by atoms with E-state index in [-0.39, 0.29) is 11.9 Å². The van der Waals surface area contributed by atoms with Crippen molar-refractivity contribution in [1.82, 2.24) is 15.1 Å². The van der Waals surface area contributed by atoms with Gasteiger partial charge in [-0.05, 0) is 43.2 Å². The third-order valence-corrected chi connectivity index (χ3v) is 5.80. The van der Waals surface area contributed by atoms with Gasteiger partial charge in [-0.3, -0.25) is 14.6 Å². The van der Waals surface area contributed by atoms with Crippen molar-refractivity contribution in [3.8, 4) is 5.75 Å². The Kier molecular flexibility index (Phi) is 8.55. The molecule has 1 unspecified atom stereocenters. The Labute approximate surface area is 185 Å². The number of carbonyl (C=O) groups excluding carboxylic acids is 1. The van der Waals surface area contributed by atoms with Crippen LogP contribution in [0.3, 0.4) is 0 Å². The molecule has 5 nitrogen and oxygen atoms in total. The molecule has 0 aliphatic carbocycles. The van der Waals surface area contributed by atoms with Crippen molar-refractivity contribution >= 4 is 17.5 Å². The number of amides is 1. The van der Waals surface area contributed by atoms with E-state index >= 15 is 0 Å². The van der Waals surface area contributed by atoms with Crippen LogP contribution in [0.5, 0.6) is 5.75 Å². The van der Waals surface area contributed by atoms with E-state index in [0.717, 1.165) is 44.9 Å². The smallest absolute Gasteiger partial charge is 0.234 e. The third-order valence-electron chi connectivity index (χ3n) is 5.55. The minimum Gasteiger partial charge on any atom is -0.492 e. The summed E-state index contributed by atoms with van der Waals surface area (Å²) < 4.78 is 5.78. The molecule has 162 valence electrons. The molecule has 0 saturated carbocycles. The number of hydrogen-bond acceptors (Lipinski definition) is 4. The molecule has 1 aliphatic rings. The number of rotatable bonds is 9. The van der Waals surface area contributed by atoms with E-state index in [1.54, 1.807) is 0 Å². The number of nitrogens with zero attached hydrogens (tertiary/aromatic N) is 2. The topological polar surface area (TPSA) is 44.8 Å². The molecule has 30 heavy (non-hydrogen) atoms. The van der Waals surface area contributed by atoms with Crippen molar-refractivity contribution in [2.45, 2.75) is 26.3 Å². The van der Waals surface area contributed by atoms with Crippen LogP contribution < -0.4 is 10.1 Å². The molecular weight excluding hydrogens is 398 g/mol. The Morgan fingerprint density at radius 3 is 2.30 bits per heavy atom. The molecule has 1 amide bonds. The second-order valence-electron chi connectivity index (χ2n) is 7.86. The number of hydrogen-bond donors (Lipinski definition) is 1. The monoisotopic (exact) mass is 429 g/mol. The van der Waals surface area contributed by atoms with Crippen molar-refractivity contribution in [2.24, 2.45) is 0 Å². The van der Waals surface area contributed by atoms with E-state index in [4.69, 9.17) is 16.3 Å². The lowest BCUT2D eigenvalue weighted by Crippen LogP contribution is -2.50. The number of ether oxygens (including phenoxy) is 1. The molecule has 0 radical (unpaired) electrons. The van der Waals surface area contributed by atoms with Gasteiger partial charge in [0.25, 0.3) is 0 Å². The molecule has 0 bridgehead atoms. The van der Waals surface area contributed by atoms with E-state index in [1.807, 2.05) is 24.3 Å². The molecule has 2 aromatic carbocycles.